The number of anilines is 2. The lowest BCUT2D eigenvalue weighted by molar-refractivity contribution is 0.0720. The topological polar surface area (TPSA) is 105 Å². The first-order valence-electron chi connectivity index (χ1n) is 7.78. The third-order valence-corrected chi connectivity index (χ3v) is 3.61. The molecule has 0 aliphatic rings. The molecule has 6 heteroatoms. The van der Waals surface area contributed by atoms with Crippen LogP contribution in [0.5, 0.6) is 11.5 Å². The third-order valence-electron chi connectivity index (χ3n) is 3.61. The average Bonchev–Trinajstić information content (AvgIpc) is 2.64. The molecule has 3 rings (SSSR count). The van der Waals surface area contributed by atoms with Crippen molar-refractivity contribution in [1.29, 1.82) is 0 Å². The molecule has 0 unspecified atom stereocenters. The lowest BCUT2D eigenvalue weighted by Crippen LogP contribution is -2.12. The van der Waals surface area contributed by atoms with E-state index in [0.717, 1.165) is 0 Å². The Labute approximate surface area is 150 Å². The number of esters is 2. The molecule has 0 saturated heterocycles. The third kappa shape index (κ3) is 3.81. The number of carbonyl (C=O) groups is 2. The molecule has 0 heterocycles. The summed E-state index contributed by atoms with van der Waals surface area (Å²) < 4.78 is 10.5. The van der Waals surface area contributed by atoms with E-state index in [9.17, 15) is 9.59 Å². The van der Waals surface area contributed by atoms with Gasteiger partial charge in [-0.25, -0.2) is 9.59 Å². The van der Waals surface area contributed by atoms with Crippen LogP contribution in [0.1, 0.15) is 20.7 Å². The average molecular weight is 348 g/mol. The number of nitrogen functional groups attached to an aromatic ring is 2. The highest BCUT2D eigenvalue weighted by molar-refractivity contribution is 5.97. The monoisotopic (exact) mass is 348 g/mol. The second-order valence-electron chi connectivity index (χ2n) is 5.42. The van der Waals surface area contributed by atoms with E-state index in [2.05, 4.69) is 0 Å². The predicted molar refractivity (Wildman–Crippen MR) is 98.1 cm³/mol. The van der Waals surface area contributed by atoms with Crippen LogP contribution in [-0.2, 0) is 0 Å². The summed E-state index contributed by atoms with van der Waals surface area (Å²) in [6, 6.07) is 19.3. The van der Waals surface area contributed by atoms with E-state index in [1.807, 2.05) is 0 Å². The smallest absolute Gasteiger partial charge is 0.345 e. The van der Waals surface area contributed by atoms with E-state index >= 15 is 0 Å². The highest BCUT2D eigenvalue weighted by atomic mass is 16.5. The summed E-state index contributed by atoms with van der Waals surface area (Å²) in [6.45, 7) is 0. The SMILES string of the molecule is Nc1ccccc1C(=O)Oc1ccc(OC(=O)c2ccccc2N)cc1. The first-order chi connectivity index (χ1) is 12.5. The Morgan fingerprint density at radius 1 is 0.577 bits per heavy atom. The summed E-state index contributed by atoms with van der Waals surface area (Å²) in [5.41, 5.74) is 12.7. The molecule has 0 spiro atoms. The molecule has 6 nitrogen and oxygen atoms in total. The minimum absolute atomic E-state index is 0.280. The van der Waals surface area contributed by atoms with Crippen LogP contribution in [0.25, 0.3) is 0 Å². The molecule has 0 aliphatic carbocycles. The second-order valence-corrected chi connectivity index (χ2v) is 5.42. The molecule has 26 heavy (non-hydrogen) atoms. The summed E-state index contributed by atoms with van der Waals surface area (Å²) in [7, 11) is 0. The maximum absolute atomic E-state index is 12.1. The van der Waals surface area contributed by atoms with Crippen LogP contribution >= 0.6 is 0 Å². The van der Waals surface area contributed by atoms with Crippen molar-refractivity contribution in [3.63, 3.8) is 0 Å². The summed E-state index contributed by atoms with van der Waals surface area (Å²) in [5.74, 6) is -0.524. The molecule has 4 N–H and O–H groups in total. The van der Waals surface area contributed by atoms with E-state index in [4.69, 9.17) is 20.9 Å². The molecule has 3 aromatic rings. The van der Waals surface area contributed by atoms with Gasteiger partial charge in [-0.3, -0.25) is 0 Å². The summed E-state index contributed by atoms with van der Waals surface area (Å²) in [5, 5.41) is 0. The van der Waals surface area contributed by atoms with Crippen molar-refractivity contribution >= 4 is 23.3 Å². The van der Waals surface area contributed by atoms with Gasteiger partial charge in [-0.05, 0) is 48.5 Å². The molecule has 0 aromatic heterocycles. The number of nitrogens with two attached hydrogens (primary N) is 2. The lowest BCUT2D eigenvalue weighted by Gasteiger charge is -2.08. The molecule has 3 aromatic carbocycles. The number of hydrogen-bond donors (Lipinski definition) is 2. The molecule has 0 amide bonds. The van der Waals surface area contributed by atoms with Gasteiger partial charge in [0.2, 0.25) is 0 Å². The molecule has 0 aliphatic heterocycles. The number of hydrogen-bond acceptors (Lipinski definition) is 6. The number of ether oxygens (including phenoxy) is 2. The quantitative estimate of drug-likeness (QED) is 0.426. The van der Waals surface area contributed by atoms with Gasteiger partial charge < -0.3 is 20.9 Å². The summed E-state index contributed by atoms with van der Waals surface area (Å²) >= 11 is 0. The van der Waals surface area contributed by atoms with Gasteiger partial charge >= 0.3 is 11.9 Å². The van der Waals surface area contributed by atoms with E-state index in [1.165, 1.54) is 24.3 Å². The number of carbonyl (C=O) groups excluding carboxylic acids is 2. The minimum atomic E-state index is -0.565. The van der Waals surface area contributed by atoms with Crippen LogP contribution < -0.4 is 20.9 Å². The Balaban J connectivity index is 1.67. The van der Waals surface area contributed by atoms with E-state index in [0.29, 0.717) is 22.9 Å². The normalized spacial score (nSPS) is 10.2. The zero-order valence-corrected chi connectivity index (χ0v) is 13.7. The van der Waals surface area contributed by atoms with Crippen molar-refractivity contribution < 1.29 is 19.1 Å². The summed E-state index contributed by atoms with van der Waals surface area (Å²) in [4.78, 5) is 24.2. The molecule has 0 atom stereocenters. The predicted octanol–water partition coefficient (Wildman–Crippen LogP) is 3.29. The van der Waals surface area contributed by atoms with Crippen molar-refractivity contribution in [2.75, 3.05) is 11.5 Å². The molecule has 0 radical (unpaired) electrons. The van der Waals surface area contributed by atoms with Gasteiger partial charge in [0.25, 0.3) is 0 Å². The first-order valence-corrected chi connectivity index (χ1v) is 7.78. The van der Waals surface area contributed by atoms with Gasteiger partial charge in [0, 0.05) is 11.4 Å². The van der Waals surface area contributed by atoms with Crippen LogP contribution in [0.15, 0.2) is 72.8 Å². The molecular weight excluding hydrogens is 332 g/mol. The van der Waals surface area contributed by atoms with Crippen molar-refractivity contribution in [1.82, 2.24) is 0 Å². The van der Waals surface area contributed by atoms with Gasteiger partial charge in [0.15, 0.2) is 0 Å². The highest BCUT2D eigenvalue weighted by Gasteiger charge is 2.13. The second kappa shape index (κ2) is 7.40. The van der Waals surface area contributed by atoms with Gasteiger partial charge in [-0.1, -0.05) is 24.3 Å². The summed E-state index contributed by atoms with van der Waals surface area (Å²) in [6.07, 6.45) is 0. The largest absolute Gasteiger partial charge is 0.423 e. The van der Waals surface area contributed by atoms with Crippen LogP contribution in [-0.4, -0.2) is 11.9 Å². The standard InChI is InChI=1S/C20H16N2O4/c21-17-7-3-1-5-15(17)19(23)25-13-9-11-14(12-10-13)26-20(24)16-6-2-4-8-18(16)22/h1-12H,21-22H2. The van der Waals surface area contributed by atoms with Crippen LogP contribution in [0, 0.1) is 0 Å². The fraction of sp³-hybridized carbons (Fsp3) is 0. The fourth-order valence-corrected chi connectivity index (χ4v) is 2.27. The Morgan fingerprint density at radius 3 is 1.27 bits per heavy atom. The number of rotatable bonds is 4. The van der Waals surface area contributed by atoms with E-state index < -0.39 is 11.9 Å². The van der Waals surface area contributed by atoms with Crippen molar-refractivity contribution in [2.24, 2.45) is 0 Å². The van der Waals surface area contributed by atoms with Crippen molar-refractivity contribution in [3.8, 4) is 11.5 Å². The minimum Gasteiger partial charge on any atom is -0.423 e. The Morgan fingerprint density at radius 2 is 0.923 bits per heavy atom. The van der Waals surface area contributed by atoms with Crippen LogP contribution in [0.2, 0.25) is 0 Å². The zero-order chi connectivity index (χ0) is 18.5. The van der Waals surface area contributed by atoms with Crippen molar-refractivity contribution in [3.05, 3.63) is 83.9 Å². The lowest BCUT2D eigenvalue weighted by atomic mass is 10.2. The zero-order valence-electron chi connectivity index (χ0n) is 13.7. The van der Waals surface area contributed by atoms with Crippen molar-refractivity contribution in [2.45, 2.75) is 0 Å². The molecule has 0 fully saturated rings. The van der Waals surface area contributed by atoms with Crippen LogP contribution in [0.4, 0.5) is 11.4 Å². The first kappa shape index (κ1) is 17.0. The Kier molecular flexibility index (Phi) is 4.85. The molecule has 130 valence electrons. The van der Waals surface area contributed by atoms with E-state index in [-0.39, 0.29) is 11.1 Å². The van der Waals surface area contributed by atoms with Crippen LogP contribution in [0.3, 0.4) is 0 Å². The fourth-order valence-electron chi connectivity index (χ4n) is 2.27. The van der Waals surface area contributed by atoms with Gasteiger partial charge in [-0.2, -0.15) is 0 Å². The highest BCUT2D eigenvalue weighted by Crippen LogP contribution is 2.22. The molecule has 0 bridgehead atoms. The maximum Gasteiger partial charge on any atom is 0.345 e. The van der Waals surface area contributed by atoms with Gasteiger partial charge in [-0.15, -0.1) is 0 Å². The Bertz CT molecular complexity index is 874. The maximum atomic E-state index is 12.1. The number of benzene rings is 3. The van der Waals surface area contributed by atoms with Gasteiger partial charge in [0.1, 0.15) is 11.5 Å². The molecular formula is C20H16N2O4. The number of para-hydroxylation sites is 2. The Hall–Kier alpha value is -3.80. The van der Waals surface area contributed by atoms with E-state index in [1.54, 1.807) is 48.5 Å². The molecule has 0 saturated carbocycles. The van der Waals surface area contributed by atoms with Gasteiger partial charge in [0.05, 0.1) is 11.1 Å².